The summed E-state index contributed by atoms with van der Waals surface area (Å²) in [6.07, 6.45) is 2.76. The summed E-state index contributed by atoms with van der Waals surface area (Å²) < 4.78 is 5.26. The average Bonchev–Trinajstić information content (AvgIpc) is 2.64. The Morgan fingerprint density at radius 1 is 1.36 bits per heavy atom. The topological polar surface area (TPSA) is 30.2 Å². The highest BCUT2D eigenvalue weighted by Gasteiger charge is 2.03. The lowest BCUT2D eigenvalue weighted by Crippen LogP contribution is -1.99. The second kappa shape index (κ2) is 3.66. The summed E-state index contributed by atoms with van der Waals surface area (Å²) in [6, 6.07) is 7.81. The Morgan fingerprint density at radius 3 is 3.00 bits per heavy atom. The minimum absolute atomic E-state index is 0.260. The molecule has 14 heavy (non-hydrogen) atoms. The third-order valence-corrected chi connectivity index (χ3v) is 2.32. The van der Waals surface area contributed by atoms with Crippen LogP contribution in [0.4, 0.5) is 0 Å². The summed E-state index contributed by atoms with van der Waals surface area (Å²) in [5, 5.41) is 1.08. The van der Waals surface area contributed by atoms with Crippen molar-refractivity contribution in [2.24, 2.45) is 0 Å². The van der Waals surface area contributed by atoms with Gasteiger partial charge in [-0.15, -0.1) is 0 Å². The Hall–Kier alpha value is -1.57. The lowest BCUT2D eigenvalue weighted by atomic mass is 10.1. The van der Waals surface area contributed by atoms with Crippen LogP contribution in [0.15, 0.2) is 34.9 Å². The predicted octanol–water partition coefficient (Wildman–Crippen LogP) is 2.95. The highest BCUT2D eigenvalue weighted by molar-refractivity contribution is 5.83. The maximum Gasteiger partial charge on any atom is 0.136 e. The zero-order valence-corrected chi connectivity index (χ0v) is 8.12. The fourth-order valence-corrected chi connectivity index (χ4v) is 1.46. The molecule has 1 aromatic carbocycles. The average molecular weight is 188 g/mol. The number of furan rings is 1. The molecular formula is C12H12O2. The summed E-state index contributed by atoms with van der Waals surface area (Å²) in [5.41, 5.74) is 1.88. The van der Waals surface area contributed by atoms with Gasteiger partial charge >= 0.3 is 0 Å². The van der Waals surface area contributed by atoms with Crippen LogP contribution in [0.1, 0.15) is 18.9 Å². The third kappa shape index (κ3) is 1.69. The molecule has 0 aliphatic rings. The van der Waals surface area contributed by atoms with E-state index >= 15 is 0 Å². The van der Waals surface area contributed by atoms with Crippen molar-refractivity contribution >= 4 is 16.8 Å². The zero-order valence-electron chi connectivity index (χ0n) is 8.12. The van der Waals surface area contributed by atoms with Gasteiger partial charge in [-0.1, -0.05) is 19.1 Å². The van der Waals surface area contributed by atoms with Crippen LogP contribution < -0.4 is 0 Å². The number of carbonyl (C=O) groups excluding carboxylic acids is 1. The molecule has 0 fully saturated rings. The zero-order chi connectivity index (χ0) is 9.97. The van der Waals surface area contributed by atoms with E-state index in [0.717, 1.165) is 16.5 Å². The van der Waals surface area contributed by atoms with Gasteiger partial charge in [-0.3, -0.25) is 4.79 Å². The Morgan fingerprint density at radius 2 is 2.21 bits per heavy atom. The van der Waals surface area contributed by atoms with Crippen LogP contribution in [-0.4, -0.2) is 5.78 Å². The van der Waals surface area contributed by atoms with Crippen LogP contribution >= 0.6 is 0 Å². The van der Waals surface area contributed by atoms with Crippen LogP contribution in [-0.2, 0) is 11.2 Å². The predicted molar refractivity (Wildman–Crippen MR) is 55.2 cm³/mol. The molecule has 1 aromatic heterocycles. The molecule has 0 N–H and O–H groups in total. The maximum atomic E-state index is 11.2. The molecule has 2 aromatic rings. The number of benzene rings is 1. The van der Waals surface area contributed by atoms with Gasteiger partial charge in [0, 0.05) is 18.2 Å². The Kier molecular flexibility index (Phi) is 2.35. The van der Waals surface area contributed by atoms with Gasteiger partial charge in [-0.25, -0.2) is 0 Å². The van der Waals surface area contributed by atoms with Crippen molar-refractivity contribution in [2.45, 2.75) is 19.8 Å². The van der Waals surface area contributed by atoms with Crippen LogP contribution in [0.5, 0.6) is 0 Å². The Labute approximate surface area is 82.5 Å². The molecule has 0 amide bonds. The van der Waals surface area contributed by atoms with E-state index in [2.05, 4.69) is 0 Å². The third-order valence-electron chi connectivity index (χ3n) is 2.32. The second-order valence-corrected chi connectivity index (χ2v) is 3.36. The first-order valence-electron chi connectivity index (χ1n) is 4.77. The molecule has 1 heterocycles. The van der Waals surface area contributed by atoms with Gasteiger partial charge in [0.25, 0.3) is 0 Å². The SMILES string of the molecule is CCC(=O)Cc1ccc2ccoc2c1. The molecule has 2 rings (SSSR count). The van der Waals surface area contributed by atoms with Crippen molar-refractivity contribution in [1.82, 2.24) is 0 Å². The normalized spacial score (nSPS) is 10.6. The number of hydrogen-bond acceptors (Lipinski definition) is 2. The van der Waals surface area contributed by atoms with Crippen molar-refractivity contribution in [3.05, 3.63) is 36.1 Å². The summed E-state index contributed by atoms with van der Waals surface area (Å²) in [7, 11) is 0. The minimum Gasteiger partial charge on any atom is -0.464 e. The number of fused-ring (bicyclic) bond motifs is 1. The van der Waals surface area contributed by atoms with E-state index in [0.29, 0.717) is 12.8 Å². The fraction of sp³-hybridized carbons (Fsp3) is 0.250. The standard InChI is InChI=1S/C12H12O2/c1-2-11(13)7-9-3-4-10-5-6-14-12(10)8-9/h3-6,8H,2,7H2,1H3. The van der Waals surface area contributed by atoms with Gasteiger partial charge in [0.1, 0.15) is 11.4 Å². The number of ketones is 1. The van der Waals surface area contributed by atoms with Crippen LogP contribution in [0.3, 0.4) is 0 Å². The van der Waals surface area contributed by atoms with E-state index in [4.69, 9.17) is 4.42 Å². The smallest absolute Gasteiger partial charge is 0.136 e. The first-order valence-corrected chi connectivity index (χ1v) is 4.77. The van der Waals surface area contributed by atoms with Gasteiger partial charge in [-0.2, -0.15) is 0 Å². The number of rotatable bonds is 3. The second-order valence-electron chi connectivity index (χ2n) is 3.36. The molecular weight excluding hydrogens is 176 g/mol. The highest BCUT2D eigenvalue weighted by Crippen LogP contribution is 2.17. The van der Waals surface area contributed by atoms with E-state index < -0.39 is 0 Å². The maximum absolute atomic E-state index is 11.2. The fourth-order valence-electron chi connectivity index (χ4n) is 1.46. The van der Waals surface area contributed by atoms with Gasteiger partial charge in [0.2, 0.25) is 0 Å². The van der Waals surface area contributed by atoms with E-state index in [1.165, 1.54) is 0 Å². The first-order chi connectivity index (χ1) is 6.79. The molecule has 2 heteroatoms. The minimum atomic E-state index is 0.260. The van der Waals surface area contributed by atoms with Crippen LogP contribution in [0.25, 0.3) is 11.0 Å². The van der Waals surface area contributed by atoms with Crippen molar-refractivity contribution in [3.63, 3.8) is 0 Å². The first kappa shape index (κ1) is 9.00. The molecule has 0 spiro atoms. The van der Waals surface area contributed by atoms with E-state index in [9.17, 15) is 4.79 Å². The van der Waals surface area contributed by atoms with Gasteiger partial charge in [-0.05, 0) is 17.7 Å². The molecule has 0 saturated carbocycles. The molecule has 0 aliphatic heterocycles. The van der Waals surface area contributed by atoms with Gasteiger partial charge in [0.05, 0.1) is 6.26 Å². The van der Waals surface area contributed by atoms with E-state index in [1.807, 2.05) is 31.2 Å². The molecule has 0 atom stereocenters. The van der Waals surface area contributed by atoms with Crippen molar-refractivity contribution in [3.8, 4) is 0 Å². The van der Waals surface area contributed by atoms with Crippen LogP contribution in [0.2, 0.25) is 0 Å². The van der Waals surface area contributed by atoms with Gasteiger partial charge in [0.15, 0.2) is 0 Å². The summed E-state index contributed by atoms with van der Waals surface area (Å²) in [5.74, 6) is 0.260. The summed E-state index contributed by atoms with van der Waals surface area (Å²) in [6.45, 7) is 1.88. The molecule has 0 bridgehead atoms. The molecule has 72 valence electrons. The summed E-state index contributed by atoms with van der Waals surface area (Å²) in [4.78, 5) is 11.2. The molecule has 0 unspecified atom stereocenters. The van der Waals surface area contributed by atoms with Crippen LogP contribution in [0, 0.1) is 0 Å². The summed E-state index contributed by atoms with van der Waals surface area (Å²) >= 11 is 0. The largest absolute Gasteiger partial charge is 0.464 e. The lowest BCUT2D eigenvalue weighted by molar-refractivity contribution is -0.118. The van der Waals surface area contributed by atoms with Gasteiger partial charge < -0.3 is 4.42 Å². The van der Waals surface area contributed by atoms with Crippen molar-refractivity contribution < 1.29 is 9.21 Å². The van der Waals surface area contributed by atoms with Crippen molar-refractivity contribution in [2.75, 3.05) is 0 Å². The van der Waals surface area contributed by atoms with E-state index in [-0.39, 0.29) is 5.78 Å². The molecule has 0 radical (unpaired) electrons. The highest BCUT2D eigenvalue weighted by atomic mass is 16.3. The Bertz CT molecular complexity index is 454. The quantitative estimate of drug-likeness (QED) is 0.741. The molecule has 2 nitrogen and oxygen atoms in total. The Balaban J connectivity index is 2.30. The number of hydrogen-bond donors (Lipinski definition) is 0. The molecule has 0 saturated heterocycles. The number of carbonyl (C=O) groups is 1. The van der Waals surface area contributed by atoms with Crippen molar-refractivity contribution in [1.29, 1.82) is 0 Å². The number of Topliss-reactive ketones (excluding diaryl/α,β-unsaturated/α-hetero) is 1. The molecule has 0 aliphatic carbocycles. The van der Waals surface area contributed by atoms with E-state index in [1.54, 1.807) is 6.26 Å². The monoisotopic (exact) mass is 188 g/mol. The lowest BCUT2D eigenvalue weighted by Gasteiger charge is -1.98.